The summed E-state index contributed by atoms with van der Waals surface area (Å²) < 4.78 is 4.89. The number of fused-ring (bicyclic) bond motifs is 10. The molecule has 0 saturated heterocycles. The Kier molecular flexibility index (Phi) is 10.2. The van der Waals surface area contributed by atoms with Gasteiger partial charge in [0.25, 0.3) is 0 Å². The van der Waals surface area contributed by atoms with Crippen LogP contribution in [-0.2, 0) is 0 Å². The first kappa shape index (κ1) is 37.0. The number of hydrogen-bond acceptors (Lipinski definition) is 1. The van der Waals surface area contributed by atoms with Gasteiger partial charge in [0.05, 0.1) is 22.1 Å². The molecule has 0 bridgehead atoms. The van der Waals surface area contributed by atoms with E-state index in [2.05, 4.69) is 162 Å². The molecule has 6 aromatic carbocycles. The van der Waals surface area contributed by atoms with Gasteiger partial charge in [-0.1, -0.05) is 93.2 Å². The van der Waals surface area contributed by atoms with Gasteiger partial charge in [-0.2, -0.15) is 6.20 Å². The van der Waals surface area contributed by atoms with E-state index in [1.54, 1.807) is 6.08 Å². The molecular formula is C49H42N4U. The van der Waals surface area contributed by atoms with Gasteiger partial charge >= 0.3 is 31.1 Å². The topological polar surface area (TPSA) is 47.8 Å². The SMILES string of the molecule is C=C(/C=C\C=N)c1ccc2c(c1)c1ccc3c(c1n2-c1ccccc1)C(C)C(C)c1cc2c4cc(/C=C/[N-]C)ccc4n(-c4ccccc4)c2cc1-3.[CH3-].[U+2]. The van der Waals surface area contributed by atoms with E-state index in [0.29, 0.717) is 5.92 Å². The van der Waals surface area contributed by atoms with Crippen LogP contribution in [-0.4, -0.2) is 22.4 Å². The van der Waals surface area contributed by atoms with Crippen molar-refractivity contribution in [2.45, 2.75) is 25.7 Å². The van der Waals surface area contributed by atoms with Crippen LogP contribution in [0.4, 0.5) is 0 Å². The smallest absolute Gasteiger partial charge is 0.693 e. The van der Waals surface area contributed by atoms with Gasteiger partial charge in [-0.25, -0.2) is 0 Å². The molecule has 4 nitrogen and oxygen atoms in total. The van der Waals surface area contributed by atoms with Crippen molar-refractivity contribution in [2.24, 2.45) is 0 Å². The Morgan fingerprint density at radius 2 is 1.33 bits per heavy atom. The number of aromatic nitrogens is 2. The van der Waals surface area contributed by atoms with E-state index in [1.807, 2.05) is 19.3 Å². The number of para-hydroxylation sites is 2. The summed E-state index contributed by atoms with van der Waals surface area (Å²) >= 11 is 0. The Labute approximate surface area is 341 Å². The fraction of sp³-hybridized carbons (Fsp3) is 0.102. The first-order valence-corrected chi connectivity index (χ1v) is 17.9. The number of allylic oxidation sites excluding steroid dienone is 3. The monoisotopic (exact) mass is 924 g/mol. The molecule has 2 heterocycles. The number of nitrogens with zero attached hydrogens (tertiary/aromatic N) is 3. The second-order valence-corrected chi connectivity index (χ2v) is 13.9. The van der Waals surface area contributed by atoms with Crippen LogP contribution < -0.4 is 0 Å². The van der Waals surface area contributed by atoms with Gasteiger partial charge in [-0.05, 0) is 118 Å². The third-order valence-electron chi connectivity index (χ3n) is 11.1. The van der Waals surface area contributed by atoms with Crippen LogP contribution in [0.1, 0.15) is 47.9 Å². The summed E-state index contributed by atoms with van der Waals surface area (Å²) in [5.41, 5.74) is 15.6. The van der Waals surface area contributed by atoms with E-state index in [9.17, 15) is 0 Å². The molecule has 5 heteroatoms. The number of benzene rings is 6. The summed E-state index contributed by atoms with van der Waals surface area (Å²) in [5, 5.41) is 16.6. The van der Waals surface area contributed by atoms with E-state index < -0.39 is 0 Å². The van der Waals surface area contributed by atoms with Gasteiger partial charge in [0.2, 0.25) is 0 Å². The summed E-state index contributed by atoms with van der Waals surface area (Å²) in [6.07, 6.45) is 8.86. The van der Waals surface area contributed by atoms with E-state index in [-0.39, 0.29) is 44.5 Å². The fourth-order valence-electron chi connectivity index (χ4n) is 8.48. The predicted octanol–water partition coefficient (Wildman–Crippen LogP) is 13.4. The average molecular weight is 925 g/mol. The number of nitrogens with one attached hydrogen (secondary N) is 1. The second-order valence-electron chi connectivity index (χ2n) is 13.9. The van der Waals surface area contributed by atoms with Crippen molar-refractivity contribution >= 4 is 61.5 Å². The molecule has 262 valence electrons. The zero-order valence-corrected chi connectivity index (χ0v) is 35.3. The molecule has 8 aromatic rings. The summed E-state index contributed by atoms with van der Waals surface area (Å²) in [7, 11) is 1.81. The van der Waals surface area contributed by atoms with E-state index in [4.69, 9.17) is 5.41 Å². The largest absolute Gasteiger partial charge is 2.00 e. The molecule has 0 radical (unpaired) electrons. The molecule has 2 unspecified atom stereocenters. The molecular weight excluding hydrogens is 883 g/mol. The molecule has 0 aliphatic heterocycles. The summed E-state index contributed by atoms with van der Waals surface area (Å²) in [6, 6.07) is 44.5. The van der Waals surface area contributed by atoms with Crippen LogP contribution in [0.2, 0.25) is 0 Å². The van der Waals surface area contributed by atoms with Gasteiger partial charge in [0.15, 0.2) is 0 Å². The molecule has 1 aliphatic carbocycles. The van der Waals surface area contributed by atoms with Crippen LogP contribution in [0.5, 0.6) is 0 Å². The van der Waals surface area contributed by atoms with Crippen molar-refractivity contribution in [3.63, 3.8) is 0 Å². The third-order valence-corrected chi connectivity index (χ3v) is 11.1. The molecule has 2 atom stereocenters. The van der Waals surface area contributed by atoms with Gasteiger partial charge in [-0.3, -0.25) is 0 Å². The fourth-order valence-corrected chi connectivity index (χ4v) is 8.48. The minimum atomic E-state index is 0. The Bertz CT molecular complexity index is 2780. The van der Waals surface area contributed by atoms with Crippen molar-refractivity contribution in [2.75, 3.05) is 7.05 Å². The summed E-state index contributed by atoms with van der Waals surface area (Å²) in [5.74, 6) is 0.561. The molecule has 0 fully saturated rings. The molecule has 1 N–H and O–H groups in total. The van der Waals surface area contributed by atoms with Crippen molar-refractivity contribution in [1.29, 1.82) is 5.41 Å². The molecule has 1 aliphatic rings. The first-order valence-electron chi connectivity index (χ1n) is 17.9. The third kappa shape index (κ3) is 5.79. The molecule has 0 spiro atoms. The summed E-state index contributed by atoms with van der Waals surface area (Å²) in [4.78, 5) is 0. The first-order chi connectivity index (χ1) is 25.5. The van der Waals surface area contributed by atoms with Crippen LogP contribution in [0, 0.1) is 43.9 Å². The van der Waals surface area contributed by atoms with E-state index in [0.717, 1.165) is 28.1 Å². The summed E-state index contributed by atoms with van der Waals surface area (Å²) in [6.45, 7) is 9.12. The van der Waals surface area contributed by atoms with Crippen molar-refractivity contribution in [3.05, 3.63) is 181 Å². The quantitative estimate of drug-likeness (QED) is 0.0941. The van der Waals surface area contributed by atoms with E-state index in [1.165, 1.54) is 72.1 Å². The predicted molar refractivity (Wildman–Crippen MR) is 229 cm³/mol. The molecule has 0 saturated carbocycles. The van der Waals surface area contributed by atoms with Crippen LogP contribution >= 0.6 is 0 Å². The zero-order chi connectivity index (χ0) is 35.5. The van der Waals surface area contributed by atoms with Gasteiger partial charge < -0.3 is 27.3 Å². The molecule has 54 heavy (non-hydrogen) atoms. The van der Waals surface area contributed by atoms with Crippen LogP contribution in [0.3, 0.4) is 0 Å². The van der Waals surface area contributed by atoms with Crippen LogP contribution in [0.25, 0.3) is 83.1 Å². The number of hydrogen-bond donors (Lipinski definition) is 1. The molecule has 9 rings (SSSR count). The van der Waals surface area contributed by atoms with Crippen molar-refractivity contribution in [1.82, 2.24) is 9.13 Å². The van der Waals surface area contributed by atoms with Gasteiger partial charge in [0, 0.05) is 39.1 Å². The standard InChI is InChI=1S/C48H39N4.CH3.U/c1-30(12-11-24-49)34-18-22-45-42(27-34)38-20-19-37-40-29-46-43(28-39(40)31(2)32(3)47(37)48(38)52(45)36-15-9-6-10-16-36)41-26-33(23-25-50-4)17-21-44(41)51(46)35-13-7-5-8-14-35;;/h5-29,31-32,49H,1H2,2-4H3;1H3;/q2*-1;+2/b12-11-,25-23+,49-24?;;. The number of rotatable bonds is 7. The molecule has 0 amide bonds. The Hall–Kier alpha value is -5.34. The van der Waals surface area contributed by atoms with Gasteiger partial charge in [0.1, 0.15) is 0 Å². The maximum Gasteiger partial charge on any atom is 2.00 e. The zero-order valence-electron chi connectivity index (χ0n) is 31.1. The Morgan fingerprint density at radius 3 is 2.04 bits per heavy atom. The molecule has 2 aromatic heterocycles. The van der Waals surface area contributed by atoms with Crippen molar-refractivity contribution in [3.8, 4) is 22.5 Å². The van der Waals surface area contributed by atoms with Crippen LogP contribution in [0.15, 0.2) is 146 Å². The van der Waals surface area contributed by atoms with Crippen molar-refractivity contribution < 1.29 is 31.1 Å². The maximum atomic E-state index is 7.47. The minimum Gasteiger partial charge on any atom is -0.693 e. The Balaban J connectivity index is 0.00000225. The van der Waals surface area contributed by atoms with Gasteiger partial charge in [-0.15, -0.1) is 7.05 Å². The average Bonchev–Trinajstić information content (AvgIpc) is 3.69. The normalized spacial score (nSPS) is 15.0. The minimum absolute atomic E-state index is 0. The van der Waals surface area contributed by atoms with E-state index >= 15 is 0 Å². The second kappa shape index (κ2) is 14.8. The Morgan fingerprint density at radius 1 is 0.685 bits per heavy atom. The maximum absolute atomic E-state index is 7.47.